The van der Waals surface area contributed by atoms with Gasteiger partial charge in [0.2, 0.25) is 5.91 Å². The van der Waals surface area contributed by atoms with Crippen LogP contribution >= 0.6 is 0 Å². The lowest BCUT2D eigenvalue weighted by molar-refractivity contribution is -0.139. The minimum atomic E-state index is -4.09. The first-order chi connectivity index (χ1) is 11.9. The van der Waals surface area contributed by atoms with Gasteiger partial charge in [-0.2, -0.15) is 8.42 Å². The van der Waals surface area contributed by atoms with E-state index in [1.165, 1.54) is 0 Å². The lowest BCUT2D eigenvalue weighted by Crippen LogP contribution is -2.52. The summed E-state index contributed by atoms with van der Waals surface area (Å²) in [7, 11) is -0.244. The Kier molecular flexibility index (Phi) is 11.7. The van der Waals surface area contributed by atoms with Gasteiger partial charge in [-0.25, -0.2) is 4.79 Å². The molecule has 0 aromatic heterocycles. The maximum atomic E-state index is 11.8. The molecule has 0 unspecified atom stereocenters. The monoisotopic (exact) mass is 408 g/mol. The van der Waals surface area contributed by atoms with Gasteiger partial charge in [-0.1, -0.05) is 27.4 Å². The van der Waals surface area contributed by atoms with Crippen LogP contribution in [0.1, 0.15) is 48.0 Å². The topological polar surface area (TPSA) is 113 Å². The third-order valence-corrected chi connectivity index (χ3v) is 4.70. The Morgan fingerprint density at radius 1 is 1.19 bits per heavy atom. The molecule has 1 amide bonds. The molecule has 0 fully saturated rings. The van der Waals surface area contributed by atoms with E-state index in [1.807, 2.05) is 25.9 Å². The SMILES string of the molecule is C=C(C)C(=O)OCCN(C)C.CCC(C)(C)C(=O)NC(C)(C)CS(=O)(=O)O. The summed E-state index contributed by atoms with van der Waals surface area (Å²) in [5.74, 6) is -1.03. The number of hydrogen-bond acceptors (Lipinski definition) is 6. The molecule has 0 aromatic rings. The number of nitrogens with zero attached hydrogens (tertiary/aromatic N) is 1. The zero-order valence-corrected chi connectivity index (χ0v) is 18.7. The first kappa shape index (κ1) is 27.8. The highest BCUT2D eigenvalue weighted by atomic mass is 32.2. The van der Waals surface area contributed by atoms with Crippen LogP contribution in [0.15, 0.2) is 12.2 Å². The molecule has 0 spiro atoms. The highest BCUT2D eigenvalue weighted by Gasteiger charge is 2.32. The molecule has 0 aromatic carbocycles. The Bertz CT molecular complexity index is 609. The van der Waals surface area contributed by atoms with Crippen LogP contribution in [-0.4, -0.2) is 68.3 Å². The highest BCUT2D eigenvalue weighted by Crippen LogP contribution is 2.21. The van der Waals surface area contributed by atoms with Gasteiger partial charge in [0, 0.05) is 17.5 Å². The smallest absolute Gasteiger partial charge is 0.333 e. The number of amides is 1. The Morgan fingerprint density at radius 2 is 1.67 bits per heavy atom. The number of nitrogens with one attached hydrogen (secondary N) is 1. The van der Waals surface area contributed by atoms with Crippen molar-refractivity contribution in [1.29, 1.82) is 0 Å². The molecule has 0 rings (SSSR count). The van der Waals surface area contributed by atoms with Crippen molar-refractivity contribution in [2.45, 2.75) is 53.5 Å². The average molecular weight is 409 g/mol. The third kappa shape index (κ3) is 15.3. The van der Waals surface area contributed by atoms with Gasteiger partial charge in [0.1, 0.15) is 6.61 Å². The van der Waals surface area contributed by atoms with Crippen LogP contribution in [0.2, 0.25) is 0 Å². The molecule has 27 heavy (non-hydrogen) atoms. The van der Waals surface area contributed by atoms with Crippen LogP contribution in [0, 0.1) is 5.41 Å². The quantitative estimate of drug-likeness (QED) is 0.340. The van der Waals surface area contributed by atoms with Gasteiger partial charge >= 0.3 is 5.97 Å². The molecule has 0 aliphatic carbocycles. The van der Waals surface area contributed by atoms with Crippen molar-refractivity contribution >= 4 is 22.0 Å². The van der Waals surface area contributed by atoms with E-state index in [-0.39, 0.29) is 11.9 Å². The molecule has 9 heteroatoms. The van der Waals surface area contributed by atoms with E-state index in [4.69, 9.17) is 9.29 Å². The fourth-order valence-electron chi connectivity index (χ4n) is 1.57. The minimum Gasteiger partial charge on any atom is -0.461 e. The van der Waals surface area contributed by atoms with Crippen molar-refractivity contribution < 1.29 is 27.3 Å². The highest BCUT2D eigenvalue weighted by molar-refractivity contribution is 7.85. The summed E-state index contributed by atoms with van der Waals surface area (Å²) in [6.07, 6.45) is 0.654. The number of carbonyl (C=O) groups excluding carboxylic acids is 2. The molecule has 0 heterocycles. The normalized spacial score (nSPS) is 12.1. The van der Waals surface area contributed by atoms with Gasteiger partial charge in [0.05, 0.1) is 11.3 Å². The van der Waals surface area contributed by atoms with E-state index in [2.05, 4.69) is 11.9 Å². The van der Waals surface area contributed by atoms with Gasteiger partial charge in [0.15, 0.2) is 0 Å². The lowest BCUT2D eigenvalue weighted by Gasteiger charge is -2.30. The largest absolute Gasteiger partial charge is 0.461 e. The predicted molar refractivity (Wildman–Crippen MR) is 107 cm³/mol. The Morgan fingerprint density at radius 3 is 2.00 bits per heavy atom. The summed E-state index contributed by atoms with van der Waals surface area (Å²) < 4.78 is 35.1. The van der Waals surface area contributed by atoms with Gasteiger partial charge in [-0.05, 0) is 41.3 Å². The van der Waals surface area contributed by atoms with Crippen molar-refractivity contribution in [1.82, 2.24) is 10.2 Å². The fraction of sp³-hybridized carbons (Fsp3) is 0.778. The standard InChI is InChI=1S/C10H21NO4S.C8H15NO2/c1-6-9(2,3)8(12)11-10(4,5)7-16(13,14)15;1-7(2)8(10)11-6-5-9(3)4/h6-7H2,1-5H3,(H,11,12)(H,13,14,15);1,5-6H2,2-4H3. The number of esters is 1. The van der Waals surface area contributed by atoms with E-state index in [0.717, 1.165) is 6.54 Å². The average Bonchev–Trinajstić information content (AvgIpc) is 2.43. The van der Waals surface area contributed by atoms with Crippen molar-refractivity contribution in [3.8, 4) is 0 Å². The van der Waals surface area contributed by atoms with Crippen LogP contribution in [-0.2, 0) is 24.4 Å². The van der Waals surface area contributed by atoms with Gasteiger partial charge < -0.3 is 15.0 Å². The number of ether oxygens (including phenoxy) is 1. The van der Waals surface area contributed by atoms with E-state index in [0.29, 0.717) is 18.6 Å². The molecule has 0 aliphatic heterocycles. The second kappa shape index (κ2) is 11.4. The summed E-state index contributed by atoms with van der Waals surface area (Å²) in [4.78, 5) is 24.5. The Labute approximate surface area is 164 Å². The molecule has 0 saturated carbocycles. The van der Waals surface area contributed by atoms with Gasteiger partial charge in [-0.3, -0.25) is 9.35 Å². The van der Waals surface area contributed by atoms with Crippen LogP contribution in [0.5, 0.6) is 0 Å². The lowest BCUT2D eigenvalue weighted by atomic mass is 9.88. The summed E-state index contributed by atoms with van der Waals surface area (Å²) >= 11 is 0. The van der Waals surface area contributed by atoms with Crippen LogP contribution in [0.25, 0.3) is 0 Å². The summed E-state index contributed by atoms with van der Waals surface area (Å²) in [6.45, 7) is 14.9. The summed E-state index contributed by atoms with van der Waals surface area (Å²) in [5.41, 5.74) is -1.07. The molecule has 2 N–H and O–H groups in total. The summed E-state index contributed by atoms with van der Waals surface area (Å²) in [6, 6.07) is 0. The Balaban J connectivity index is 0. The zero-order valence-electron chi connectivity index (χ0n) is 17.9. The van der Waals surface area contributed by atoms with Crippen LogP contribution in [0.3, 0.4) is 0 Å². The van der Waals surface area contributed by atoms with E-state index >= 15 is 0 Å². The first-order valence-electron chi connectivity index (χ1n) is 8.68. The molecule has 0 radical (unpaired) electrons. The second-order valence-corrected chi connectivity index (χ2v) is 9.47. The van der Waals surface area contributed by atoms with Crippen LogP contribution < -0.4 is 5.32 Å². The van der Waals surface area contributed by atoms with E-state index in [9.17, 15) is 18.0 Å². The molecule has 8 nitrogen and oxygen atoms in total. The zero-order chi connectivity index (χ0) is 22.1. The van der Waals surface area contributed by atoms with Gasteiger partial charge in [-0.15, -0.1) is 0 Å². The number of rotatable bonds is 9. The maximum Gasteiger partial charge on any atom is 0.333 e. The van der Waals surface area contributed by atoms with Crippen molar-refractivity contribution in [2.24, 2.45) is 5.41 Å². The van der Waals surface area contributed by atoms with E-state index in [1.54, 1.807) is 34.6 Å². The number of likely N-dealkylation sites (N-methyl/N-ethyl adjacent to an activating group) is 1. The molecule has 0 saturated heterocycles. The number of hydrogen-bond donors (Lipinski definition) is 2. The molecule has 0 bridgehead atoms. The number of carbonyl (C=O) groups is 2. The fourth-order valence-corrected chi connectivity index (χ4v) is 2.56. The molecular formula is C18H36N2O6S. The van der Waals surface area contributed by atoms with Crippen molar-refractivity contribution in [3.63, 3.8) is 0 Å². The molecule has 0 aliphatic rings. The minimum absolute atomic E-state index is 0.219. The Hall–Kier alpha value is -1.45. The maximum absolute atomic E-state index is 11.8. The van der Waals surface area contributed by atoms with Crippen molar-refractivity contribution in [3.05, 3.63) is 12.2 Å². The van der Waals surface area contributed by atoms with Crippen molar-refractivity contribution in [2.75, 3.05) is 33.0 Å². The molecule has 160 valence electrons. The molecule has 0 atom stereocenters. The third-order valence-electron chi connectivity index (χ3n) is 3.61. The summed E-state index contributed by atoms with van der Waals surface area (Å²) in [5, 5.41) is 2.63. The second-order valence-electron chi connectivity index (χ2n) is 8.02. The van der Waals surface area contributed by atoms with E-state index < -0.39 is 26.8 Å². The predicted octanol–water partition coefficient (Wildman–Crippen LogP) is 1.87. The first-order valence-corrected chi connectivity index (χ1v) is 10.3. The molecular weight excluding hydrogens is 372 g/mol. The van der Waals surface area contributed by atoms with Crippen LogP contribution in [0.4, 0.5) is 0 Å². The van der Waals surface area contributed by atoms with Gasteiger partial charge in [0.25, 0.3) is 10.1 Å².